The van der Waals surface area contributed by atoms with Crippen molar-refractivity contribution in [2.45, 2.75) is 48.9 Å². The molecule has 4 nitrogen and oxygen atoms in total. The molecule has 0 bridgehead atoms. The fraction of sp³-hybridized carbons (Fsp3) is 0.500. The number of aromatic nitrogens is 1. The summed E-state index contributed by atoms with van der Waals surface area (Å²) in [5.41, 5.74) is 0.964. The van der Waals surface area contributed by atoms with E-state index in [1.54, 1.807) is 6.20 Å². The Kier molecular flexibility index (Phi) is 3.58. The van der Waals surface area contributed by atoms with E-state index in [0.29, 0.717) is 17.7 Å². The van der Waals surface area contributed by atoms with E-state index in [0.717, 1.165) is 10.9 Å². The number of aryl methyl sites for hydroxylation is 1. The van der Waals surface area contributed by atoms with Crippen LogP contribution in [0.25, 0.3) is 10.9 Å². The third-order valence-corrected chi connectivity index (χ3v) is 6.61. The number of fused-ring (bicyclic) bond motifs is 1. The average Bonchev–Trinajstić information content (AvgIpc) is 2.76. The maximum absolute atomic E-state index is 13.1. The highest BCUT2D eigenvalue weighted by Crippen LogP contribution is 2.32. The third kappa shape index (κ3) is 2.49. The molecule has 2 aromatic rings. The van der Waals surface area contributed by atoms with Crippen LogP contribution in [0, 0.1) is 0 Å². The van der Waals surface area contributed by atoms with Gasteiger partial charge in [0.05, 0.1) is 10.1 Å². The average molecular weight is 306 g/mol. The first kappa shape index (κ1) is 14.6. The molecule has 3 rings (SSSR count). The number of hydrogen-bond donors (Lipinski definition) is 1. The summed E-state index contributed by atoms with van der Waals surface area (Å²) in [6.07, 6.45) is 3.11. The minimum Gasteiger partial charge on any atom is -0.349 e. The molecule has 1 fully saturated rings. The molecule has 1 aliphatic heterocycles. The standard InChI is InChI=1S/C16H22N2O2S/c1-11-8-13(9-12(2)17-11)21(19,20)16-10-18(3)15-7-5-4-6-14(15)16/h4-7,10-13,17H,8-9H2,1-3H3/t11-,12+,13?. The number of nitrogens with zero attached hydrogens (tertiary/aromatic N) is 1. The fourth-order valence-corrected chi connectivity index (χ4v) is 5.70. The van der Waals surface area contributed by atoms with Gasteiger partial charge >= 0.3 is 0 Å². The van der Waals surface area contributed by atoms with Crippen LogP contribution in [-0.4, -0.2) is 30.3 Å². The fourth-order valence-electron chi connectivity index (χ4n) is 3.47. The maximum atomic E-state index is 13.1. The number of rotatable bonds is 2. The number of sulfone groups is 1. The number of piperidine rings is 1. The Morgan fingerprint density at radius 3 is 2.43 bits per heavy atom. The summed E-state index contributed by atoms with van der Waals surface area (Å²) in [6, 6.07) is 8.17. The highest BCUT2D eigenvalue weighted by atomic mass is 32.2. The van der Waals surface area contributed by atoms with Gasteiger partial charge in [-0.3, -0.25) is 0 Å². The predicted octanol–water partition coefficient (Wildman–Crippen LogP) is 2.48. The van der Waals surface area contributed by atoms with Crippen molar-refractivity contribution in [1.82, 2.24) is 9.88 Å². The summed E-state index contributed by atoms with van der Waals surface area (Å²) in [6.45, 7) is 4.11. The SMILES string of the molecule is C[C@@H]1CC(S(=O)(=O)c2cn(C)c3ccccc23)C[C@H](C)N1. The van der Waals surface area contributed by atoms with Crippen LogP contribution in [0.2, 0.25) is 0 Å². The maximum Gasteiger partial charge on any atom is 0.183 e. The zero-order valence-electron chi connectivity index (χ0n) is 12.7. The van der Waals surface area contributed by atoms with E-state index in [4.69, 9.17) is 0 Å². The number of nitrogens with one attached hydrogen (secondary N) is 1. The van der Waals surface area contributed by atoms with Crippen LogP contribution in [0.4, 0.5) is 0 Å². The Balaban J connectivity index is 2.08. The van der Waals surface area contributed by atoms with Gasteiger partial charge in [-0.05, 0) is 32.8 Å². The molecule has 5 heteroatoms. The van der Waals surface area contributed by atoms with Crippen molar-refractivity contribution in [3.63, 3.8) is 0 Å². The van der Waals surface area contributed by atoms with Crippen LogP contribution in [0.1, 0.15) is 26.7 Å². The molecule has 1 aromatic heterocycles. The number of benzene rings is 1. The van der Waals surface area contributed by atoms with Crippen molar-refractivity contribution in [1.29, 1.82) is 0 Å². The largest absolute Gasteiger partial charge is 0.349 e. The Morgan fingerprint density at radius 1 is 1.14 bits per heavy atom. The lowest BCUT2D eigenvalue weighted by Crippen LogP contribution is -2.46. The molecule has 0 saturated carbocycles. The van der Waals surface area contributed by atoms with Gasteiger partial charge in [-0.2, -0.15) is 0 Å². The van der Waals surface area contributed by atoms with Crippen molar-refractivity contribution in [3.8, 4) is 0 Å². The Hall–Kier alpha value is -1.33. The van der Waals surface area contributed by atoms with Crippen molar-refractivity contribution < 1.29 is 8.42 Å². The minimum atomic E-state index is -3.29. The van der Waals surface area contributed by atoms with Gasteiger partial charge in [-0.25, -0.2) is 8.42 Å². The second-order valence-electron chi connectivity index (χ2n) is 6.23. The predicted molar refractivity (Wildman–Crippen MR) is 85.2 cm³/mol. The molecular formula is C16H22N2O2S. The monoisotopic (exact) mass is 306 g/mol. The summed E-state index contributed by atoms with van der Waals surface area (Å²) >= 11 is 0. The first-order chi connectivity index (χ1) is 9.89. The quantitative estimate of drug-likeness (QED) is 0.927. The molecule has 1 aliphatic rings. The van der Waals surface area contributed by atoms with Crippen molar-refractivity contribution in [2.75, 3.05) is 0 Å². The Morgan fingerprint density at radius 2 is 1.76 bits per heavy atom. The van der Waals surface area contributed by atoms with Gasteiger partial charge in [0.25, 0.3) is 0 Å². The van der Waals surface area contributed by atoms with E-state index >= 15 is 0 Å². The topological polar surface area (TPSA) is 51.1 Å². The molecule has 1 unspecified atom stereocenters. The summed E-state index contributed by atoms with van der Waals surface area (Å²) in [7, 11) is -1.40. The molecule has 0 aliphatic carbocycles. The molecule has 21 heavy (non-hydrogen) atoms. The highest BCUT2D eigenvalue weighted by Gasteiger charge is 2.35. The van der Waals surface area contributed by atoms with Gasteiger partial charge in [-0.15, -0.1) is 0 Å². The lowest BCUT2D eigenvalue weighted by atomic mass is 10.0. The summed E-state index contributed by atoms with van der Waals surface area (Å²) in [5, 5.41) is 3.94. The van der Waals surface area contributed by atoms with Crippen LogP contribution in [-0.2, 0) is 16.9 Å². The first-order valence-electron chi connectivity index (χ1n) is 7.43. The normalized spacial score (nSPS) is 27.1. The van der Waals surface area contributed by atoms with E-state index in [2.05, 4.69) is 19.2 Å². The molecule has 2 heterocycles. The van der Waals surface area contributed by atoms with Crippen LogP contribution in [0.5, 0.6) is 0 Å². The molecule has 114 valence electrons. The van der Waals surface area contributed by atoms with Crippen LogP contribution in [0.15, 0.2) is 35.4 Å². The summed E-state index contributed by atoms with van der Waals surface area (Å²) < 4.78 is 28.0. The first-order valence-corrected chi connectivity index (χ1v) is 8.98. The zero-order valence-corrected chi connectivity index (χ0v) is 13.5. The van der Waals surface area contributed by atoms with E-state index < -0.39 is 9.84 Å². The Bertz CT molecular complexity index is 754. The molecule has 0 amide bonds. The van der Waals surface area contributed by atoms with Crippen LogP contribution >= 0.6 is 0 Å². The second kappa shape index (κ2) is 5.14. The molecule has 0 radical (unpaired) electrons. The van der Waals surface area contributed by atoms with Gasteiger partial charge in [0.1, 0.15) is 0 Å². The van der Waals surface area contributed by atoms with Crippen LogP contribution in [0.3, 0.4) is 0 Å². The van der Waals surface area contributed by atoms with Gasteiger partial charge < -0.3 is 9.88 Å². The van der Waals surface area contributed by atoms with Crippen molar-refractivity contribution in [2.24, 2.45) is 7.05 Å². The van der Waals surface area contributed by atoms with E-state index in [1.165, 1.54) is 0 Å². The molecule has 0 spiro atoms. The second-order valence-corrected chi connectivity index (χ2v) is 8.43. The molecule has 1 aromatic carbocycles. The molecule has 1 saturated heterocycles. The van der Waals surface area contributed by atoms with Gasteiger partial charge in [-0.1, -0.05) is 18.2 Å². The smallest absolute Gasteiger partial charge is 0.183 e. The van der Waals surface area contributed by atoms with E-state index in [9.17, 15) is 8.42 Å². The van der Waals surface area contributed by atoms with Crippen molar-refractivity contribution >= 4 is 20.7 Å². The van der Waals surface area contributed by atoms with Gasteiger partial charge in [0.2, 0.25) is 0 Å². The van der Waals surface area contributed by atoms with Crippen molar-refractivity contribution in [3.05, 3.63) is 30.5 Å². The van der Waals surface area contributed by atoms with Gasteiger partial charge in [0.15, 0.2) is 9.84 Å². The van der Waals surface area contributed by atoms with Crippen LogP contribution < -0.4 is 5.32 Å². The van der Waals surface area contributed by atoms with Gasteiger partial charge in [0, 0.05) is 36.2 Å². The van der Waals surface area contributed by atoms with E-state index in [1.807, 2.05) is 35.9 Å². The number of para-hydroxylation sites is 1. The highest BCUT2D eigenvalue weighted by molar-refractivity contribution is 7.92. The molecule has 1 N–H and O–H groups in total. The Labute approximate surface area is 126 Å². The summed E-state index contributed by atoms with van der Waals surface area (Å²) in [5.74, 6) is 0. The third-order valence-electron chi connectivity index (χ3n) is 4.41. The number of hydrogen-bond acceptors (Lipinski definition) is 3. The van der Waals surface area contributed by atoms with E-state index in [-0.39, 0.29) is 17.3 Å². The molecular weight excluding hydrogens is 284 g/mol. The minimum absolute atomic E-state index is 0.239. The zero-order chi connectivity index (χ0) is 15.2. The molecule has 3 atom stereocenters. The summed E-state index contributed by atoms with van der Waals surface area (Å²) in [4.78, 5) is 0.479. The lowest BCUT2D eigenvalue weighted by molar-refractivity contribution is 0.351. The lowest BCUT2D eigenvalue weighted by Gasteiger charge is -2.32.